The minimum absolute atomic E-state index is 0.646. The molecule has 0 aromatic heterocycles. The van der Waals surface area contributed by atoms with Crippen molar-refractivity contribution in [3.8, 4) is 33.4 Å². The molecule has 0 amide bonds. The summed E-state index contributed by atoms with van der Waals surface area (Å²) in [4.78, 5) is 0. The lowest BCUT2D eigenvalue weighted by atomic mass is 9.85. The van der Waals surface area contributed by atoms with Crippen LogP contribution in [-0.4, -0.2) is 9.52 Å². The molecule has 9 aromatic carbocycles. The van der Waals surface area contributed by atoms with Gasteiger partial charge in [-0.3, -0.25) is 0 Å². The van der Waals surface area contributed by atoms with E-state index >= 15 is 0 Å². The monoisotopic (exact) mass is 612 g/mol. The molecule has 0 aliphatic rings. The second-order valence-electron chi connectivity index (χ2n) is 12.5. The highest BCUT2D eigenvalue weighted by Gasteiger charge is 2.18. The number of benzene rings is 9. The zero-order valence-corrected chi connectivity index (χ0v) is 27.4. The molecule has 9 aromatic rings. The SMILES string of the molecule is c1ccc([SiH2]c2ccc3c(-c4ccc5ccccc5c4)c4ccccc4c(-c4cccc(-c5cccc6ccccc56)c4)c3c2)cc1. The van der Waals surface area contributed by atoms with Crippen molar-refractivity contribution < 1.29 is 0 Å². The highest BCUT2D eigenvalue weighted by molar-refractivity contribution is 6.67. The van der Waals surface area contributed by atoms with Crippen molar-refractivity contribution in [2.75, 3.05) is 0 Å². The van der Waals surface area contributed by atoms with E-state index in [0.717, 1.165) is 0 Å². The van der Waals surface area contributed by atoms with E-state index in [1.54, 1.807) is 0 Å². The van der Waals surface area contributed by atoms with E-state index in [1.165, 1.54) is 86.8 Å². The number of rotatable bonds is 5. The average Bonchev–Trinajstić information content (AvgIpc) is 3.14. The van der Waals surface area contributed by atoms with Crippen molar-refractivity contribution in [3.63, 3.8) is 0 Å². The summed E-state index contributed by atoms with van der Waals surface area (Å²) in [5, 5.41) is 13.2. The van der Waals surface area contributed by atoms with Crippen molar-refractivity contribution in [2.45, 2.75) is 0 Å². The maximum absolute atomic E-state index is 2.51. The van der Waals surface area contributed by atoms with Crippen LogP contribution in [0.4, 0.5) is 0 Å². The molecule has 1 heteroatoms. The van der Waals surface area contributed by atoms with Gasteiger partial charge in [-0.2, -0.15) is 0 Å². The lowest BCUT2D eigenvalue weighted by Crippen LogP contribution is -2.26. The molecule has 47 heavy (non-hydrogen) atoms. The van der Waals surface area contributed by atoms with Crippen molar-refractivity contribution >= 4 is 63.0 Å². The van der Waals surface area contributed by atoms with Gasteiger partial charge < -0.3 is 0 Å². The Hall–Kier alpha value is -5.76. The topological polar surface area (TPSA) is 0 Å². The van der Waals surface area contributed by atoms with Crippen LogP contribution in [0.1, 0.15) is 0 Å². The second-order valence-corrected chi connectivity index (χ2v) is 14.5. The highest BCUT2D eigenvalue weighted by atomic mass is 28.2. The van der Waals surface area contributed by atoms with Gasteiger partial charge in [-0.15, -0.1) is 0 Å². The first-order valence-electron chi connectivity index (χ1n) is 16.4. The number of hydrogen-bond acceptors (Lipinski definition) is 0. The van der Waals surface area contributed by atoms with E-state index in [0.29, 0.717) is 0 Å². The predicted octanol–water partition coefficient (Wildman–Crippen LogP) is 10.4. The van der Waals surface area contributed by atoms with Crippen LogP contribution in [0, 0.1) is 0 Å². The molecule has 0 N–H and O–H groups in total. The first-order valence-corrected chi connectivity index (χ1v) is 17.8. The summed E-state index contributed by atoms with van der Waals surface area (Å²) < 4.78 is 0. The van der Waals surface area contributed by atoms with Gasteiger partial charge in [-0.05, 0) is 88.6 Å². The fourth-order valence-electron chi connectivity index (χ4n) is 7.45. The molecule has 0 unspecified atom stereocenters. The van der Waals surface area contributed by atoms with E-state index < -0.39 is 9.52 Å². The van der Waals surface area contributed by atoms with Crippen molar-refractivity contribution in [3.05, 3.63) is 182 Å². The van der Waals surface area contributed by atoms with Gasteiger partial charge >= 0.3 is 0 Å². The third-order valence-electron chi connectivity index (χ3n) is 9.63. The molecule has 0 fully saturated rings. The van der Waals surface area contributed by atoms with Gasteiger partial charge in [0.2, 0.25) is 0 Å². The van der Waals surface area contributed by atoms with Crippen LogP contribution < -0.4 is 10.4 Å². The maximum Gasteiger partial charge on any atom is 0.0875 e. The van der Waals surface area contributed by atoms with E-state index in [4.69, 9.17) is 0 Å². The van der Waals surface area contributed by atoms with Crippen LogP contribution in [0.2, 0.25) is 0 Å². The van der Waals surface area contributed by atoms with Gasteiger partial charge in [0.05, 0.1) is 9.52 Å². The standard InChI is InChI=1S/C46H32Si/c1-2-18-37(19-3-1)47-38-26-27-43-44(30-38)46(35-17-10-16-34(29-35)40-23-11-15-32-13-6-7-20-39(32)40)42-22-9-8-21-41(42)45(43)36-25-24-31-12-4-5-14-33(31)28-36/h1-30H,47H2. The van der Waals surface area contributed by atoms with Crippen LogP contribution in [0.3, 0.4) is 0 Å². The van der Waals surface area contributed by atoms with E-state index in [-0.39, 0.29) is 0 Å². The van der Waals surface area contributed by atoms with Gasteiger partial charge in [-0.25, -0.2) is 0 Å². The number of hydrogen-bond donors (Lipinski definition) is 0. The first kappa shape index (κ1) is 27.5. The third-order valence-corrected chi connectivity index (χ3v) is 11.4. The molecule has 0 atom stereocenters. The Labute approximate surface area is 277 Å². The summed E-state index contributed by atoms with van der Waals surface area (Å²) in [5.74, 6) is 0. The second kappa shape index (κ2) is 11.5. The molecule has 220 valence electrons. The zero-order chi connectivity index (χ0) is 31.2. The minimum Gasteiger partial charge on any atom is -0.0633 e. The summed E-state index contributed by atoms with van der Waals surface area (Å²) in [5.41, 5.74) is 7.64. The maximum atomic E-state index is 2.51. The van der Waals surface area contributed by atoms with Crippen LogP contribution in [0.15, 0.2) is 182 Å². The largest absolute Gasteiger partial charge is 0.0875 e. The molecule has 0 spiro atoms. The van der Waals surface area contributed by atoms with E-state index in [9.17, 15) is 0 Å². The summed E-state index contributed by atoms with van der Waals surface area (Å²) in [6, 6.07) is 67.4. The summed E-state index contributed by atoms with van der Waals surface area (Å²) in [7, 11) is -0.646. The summed E-state index contributed by atoms with van der Waals surface area (Å²) in [6.07, 6.45) is 0. The summed E-state index contributed by atoms with van der Waals surface area (Å²) in [6.45, 7) is 0. The Bertz CT molecular complexity index is 2590. The molecule has 0 radical (unpaired) electrons. The van der Waals surface area contributed by atoms with Crippen LogP contribution >= 0.6 is 0 Å². The molecule has 0 saturated carbocycles. The Morgan fingerprint density at radius 1 is 0.277 bits per heavy atom. The number of fused-ring (bicyclic) bond motifs is 4. The lowest BCUT2D eigenvalue weighted by molar-refractivity contribution is 1.63. The Balaban J connectivity index is 1.33. The zero-order valence-electron chi connectivity index (χ0n) is 26.0. The molecule has 9 rings (SSSR count). The third kappa shape index (κ3) is 4.93. The molecule has 0 aliphatic carbocycles. The van der Waals surface area contributed by atoms with E-state index in [2.05, 4.69) is 182 Å². The Kier molecular flexibility index (Phi) is 6.77. The molecular weight excluding hydrogens is 581 g/mol. The van der Waals surface area contributed by atoms with Gasteiger partial charge in [0, 0.05) is 0 Å². The molecule has 0 nitrogen and oxygen atoms in total. The first-order chi connectivity index (χ1) is 23.3. The Morgan fingerprint density at radius 3 is 1.70 bits per heavy atom. The van der Waals surface area contributed by atoms with Crippen LogP contribution in [0.25, 0.3) is 76.5 Å². The highest BCUT2D eigenvalue weighted by Crippen LogP contribution is 2.44. The molecule has 0 saturated heterocycles. The van der Waals surface area contributed by atoms with Crippen molar-refractivity contribution in [2.24, 2.45) is 0 Å². The normalized spacial score (nSPS) is 11.7. The van der Waals surface area contributed by atoms with Gasteiger partial charge in [0.25, 0.3) is 0 Å². The van der Waals surface area contributed by atoms with Crippen LogP contribution in [-0.2, 0) is 0 Å². The Morgan fingerprint density at radius 2 is 0.872 bits per heavy atom. The van der Waals surface area contributed by atoms with Crippen molar-refractivity contribution in [1.29, 1.82) is 0 Å². The molecular formula is C46H32Si. The average molecular weight is 613 g/mol. The van der Waals surface area contributed by atoms with E-state index in [1.807, 2.05) is 0 Å². The smallest absolute Gasteiger partial charge is 0.0633 e. The molecule has 0 heterocycles. The van der Waals surface area contributed by atoms with Gasteiger partial charge in [0.15, 0.2) is 0 Å². The quantitative estimate of drug-likeness (QED) is 0.134. The molecule has 0 bridgehead atoms. The van der Waals surface area contributed by atoms with Gasteiger partial charge in [-0.1, -0.05) is 180 Å². The van der Waals surface area contributed by atoms with Gasteiger partial charge in [0.1, 0.15) is 0 Å². The molecule has 0 aliphatic heterocycles. The lowest BCUT2D eigenvalue weighted by Gasteiger charge is -2.19. The van der Waals surface area contributed by atoms with Crippen molar-refractivity contribution in [1.82, 2.24) is 0 Å². The fourth-order valence-corrected chi connectivity index (χ4v) is 8.97. The summed E-state index contributed by atoms with van der Waals surface area (Å²) >= 11 is 0. The van der Waals surface area contributed by atoms with Crippen LogP contribution in [0.5, 0.6) is 0 Å². The minimum atomic E-state index is -0.646. The predicted molar refractivity (Wildman–Crippen MR) is 207 cm³/mol. The fraction of sp³-hybridized carbons (Fsp3) is 0.